The van der Waals surface area contributed by atoms with E-state index < -0.39 is 17.7 Å². The van der Waals surface area contributed by atoms with Crippen molar-refractivity contribution in [3.63, 3.8) is 0 Å². The largest absolute Gasteiger partial charge is 0.481 e. The molecule has 2 amide bonds. The van der Waals surface area contributed by atoms with Gasteiger partial charge in [0.15, 0.2) is 0 Å². The minimum absolute atomic E-state index is 0.161. The summed E-state index contributed by atoms with van der Waals surface area (Å²) in [6.07, 6.45) is 3.78. The van der Waals surface area contributed by atoms with Crippen LogP contribution in [0.2, 0.25) is 0 Å². The summed E-state index contributed by atoms with van der Waals surface area (Å²) in [5.41, 5.74) is 1.38. The molecule has 7 nitrogen and oxygen atoms in total. The summed E-state index contributed by atoms with van der Waals surface area (Å²) in [5, 5.41) is 14.3. The second-order valence-electron chi connectivity index (χ2n) is 8.66. The molecular formula is C22H32N2O5. The van der Waals surface area contributed by atoms with Crippen molar-refractivity contribution < 1.29 is 24.2 Å². The van der Waals surface area contributed by atoms with Gasteiger partial charge in [-0.3, -0.25) is 9.59 Å². The van der Waals surface area contributed by atoms with Crippen LogP contribution in [-0.4, -0.2) is 35.2 Å². The second-order valence-corrected chi connectivity index (χ2v) is 8.66. The topological polar surface area (TPSA) is 105 Å². The molecule has 0 bridgehead atoms. The molecule has 1 aliphatic rings. The molecule has 3 N–H and O–H groups in total. The van der Waals surface area contributed by atoms with E-state index in [0.29, 0.717) is 5.92 Å². The Morgan fingerprint density at radius 3 is 2.24 bits per heavy atom. The average Bonchev–Trinajstić information content (AvgIpc) is 2.61. The molecule has 1 aromatic carbocycles. The highest BCUT2D eigenvalue weighted by Gasteiger charge is 2.24. The summed E-state index contributed by atoms with van der Waals surface area (Å²) in [7, 11) is 0. The molecule has 0 heterocycles. The van der Waals surface area contributed by atoms with Crippen LogP contribution >= 0.6 is 0 Å². The van der Waals surface area contributed by atoms with Crippen molar-refractivity contribution in [2.45, 2.75) is 70.8 Å². The van der Waals surface area contributed by atoms with E-state index in [1.807, 2.05) is 24.3 Å². The first-order valence-electron chi connectivity index (χ1n) is 10.2. The number of hydrogen-bond donors (Lipinski definition) is 3. The van der Waals surface area contributed by atoms with Crippen molar-refractivity contribution in [3.05, 3.63) is 29.8 Å². The van der Waals surface area contributed by atoms with Gasteiger partial charge in [-0.2, -0.15) is 0 Å². The molecular weight excluding hydrogens is 372 g/mol. The van der Waals surface area contributed by atoms with E-state index in [1.165, 1.54) is 5.56 Å². The van der Waals surface area contributed by atoms with Crippen molar-refractivity contribution in [3.8, 4) is 0 Å². The number of aliphatic carboxylic acids is 1. The maximum Gasteiger partial charge on any atom is 0.407 e. The number of nitrogens with one attached hydrogen (secondary N) is 2. The number of carbonyl (C=O) groups excluding carboxylic acids is 2. The summed E-state index contributed by atoms with van der Waals surface area (Å²) in [4.78, 5) is 34.4. The van der Waals surface area contributed by atoms with E-state index in [2.05, 4.69) is 10.6 Å². The maximum absolute atomic E-state index is 12.0. The quantitative estimate of drug-likeness (QED) is 0.629. The molecule has 1 aliphatic carbocycles. The zero-order valence-corrected chi connectivity index (χ0v) is 17.5. The third kappa shape index (κ3) is 8.54. The van der Waals surface area contributed by atoms with E-state index in [9.17, 15) is 14.4 Å². The monoisotopic (exact) mass is 404 g/mol. The van der Waals surface area contributed by atoms with Crippen LogP contribution < -0.4 is 10.6 Å². The average molecular weight is 405 g/mol. The smallest absolute Gasteiger partial charge is 0.407 e. The fraction of sp³-hybridized carbons (Fsp3) is 0.591. The third-order valence-corrected chi connectivity index (χ3v) is 5.00. The highest BCUT2D eigenvalue weighted by atomic mass is 16.6. The van der Waals surface area contributed by atoms with Crippen LogP contribution in [-0.2, 0) is 14.3 Å². The summed E-state index contributed by atoms with van der Waals surface area (Å²) in [6, 6.07) is 7.82. The van der Waals surface area contributed by atoms with Gasteiger partial charge in [0, 0.05) is 25.1 Å². The van der Waals surface area contributed by atoms with Gasteiger partial charge in [0.2, 0.25) is 5.91 Å². The van der Waals surface area contributed by atoms with Crippen LogP contribution in [0, 0.1) is 5.92 Å². The first-order valence-corrected chi connectivity index (χ1v) is 10.2. The van der Waals surface area contributed by atoms with Crippen molar-refractivity contribution in [2.24, 2.45) is 5.92 Å². The fourth-order valence-electron chi connectivity index (χ4n) is 3.60. The molecule has 2 rings (SSSR count). The number of alkyl carbamates (subject to hydrolysis) is 1. The minimum atomic E-state index is -0.713. The Kier molecular flexibility index (Phi) is 8.05. The Morgan fingerprint density at radius 1 is 1.07 bits per heavy atom. The number of benzene rings is 1. The Labute approximate surface area is 172 Å². The number of carboxylic acid groups (broad SMARTS) is 1. The van der Waals surface area contributed by atoms with Gasteiger partial charge in [-0.25, -0.2) is 4.79 Å². The van der Waals surface area contributed by atoms with Gasteiger partial charge in [0.1, 0.15) is 5.60 Å². The Hall–Kier alpha value is -2.57. The molecule has 0 aliphatic heterocycles. The fourth-order valence-corrected chi connectivity index (χ4v) is 3.60. The highest BCUT2D eigenvalue weighted by Crippen LogP contribution is 2.37. The standard InChI is InChI=1S/C22H32N2O5/c1-22(2,3)29-21(28)23-13-12-19(25)24-18-10-8-17(9-11-18)16-6-4-15(5-7-16)14-20(26)27/h8-11,15-16H,4-7,12-14H2,1-3H3,(H,23,28)(H,24,25)(H,26,27)/t15-,16-. The van der Waals surface area contributed by atoms with E-state index in [0.717, 1.165) is 31.4 Å². The Balaban J connectivity index is 1.73. The van der Waals surface area contributed by atoms with Gasteiger partial charge in [-0.15, -0.1) is 0 Å². The molecule has 0 spiro atoms. The number of carbonyl (C=O) groups is 3. The Morgan fingerprint density at radius 2 is 1.69 bits per heavy atom. The lowest BCUT2D eigenvalue weighted by molar-refractivity contribution is -0.138. The molecule has 1 aromatic rings. The normalized spacial score (nSPS) is 19.3. The lowest BCUT2D eigenvalue weighted by Crippen LogP contribution is -2.34. The van der Waals surface area contributed by atoms with Crippen molar-refractivity contribution in [1.82, 2.24) is 5.32 Å². The lowest BCUT2D eigenvalue weighted by Gasteiger charge is -2.28. The third-order valence-electron chi connectivity index (χ3n) is 5.00. The van der Waals surface area contributed by atoms with Crippen LogP contribution in [0.25, 0.3) is 0 Å². The summed E-state index contributed by atoms with van der Waals surface area (Å²) in [6.45, 7) is 5.55. The first-order chi connectivity index (χ1) is 13.6. The zero-order chi connectivity index (χ0) is 21.4. The molecule has 0 radical (unpaired) electrons. The number of anilines is 1. The predicted octanol–water partition coefficient (Wildman–Crippen LogP) is 4.29. The highest BCUT2D eigenvalue weighted by molar-refractivity contribution is 5.91. The molecule has 0 saturated heterocycles. The van der Waals surface area contributed by atoms with Gasteiger partial charge in [0.25, 0.3) is 0 Å². The van der Waals surface area contributed by atoms with Gasteiger partial charge in [-0.05, 0) is 76.0 Å². The van der Waals surface area contributed by atoms with E-state index in [-0.39, 0.29) is 31.2 Å². The lowest BCUT2D eigenvalue weighted by atomic mass is 9.77. The van der Waals surface area contributed by atoms with Crippen molar-refractivity contribution in [2.75, 3.05) is 11.9 Å². The van der Waals surface area contributed by atoms with Crippen molar-refractivity contribution >= 4 is 23.7 Å². The predicted molar refractivity (Wildman–Crippen MR) is 111 cm³/mol. The number of hydrogen-bond acceptors (Lipinski definition) is 4. The summed E-state index contributed by atoms with van der Waals surface area (Å²) in [5.74, 6) is -0.155. The summed E-state index contributed by atoms with van der Waals surface area (Å²) < 4.78 is 5.12. The van der Waals surface area contributed by atoms with Crippen LogP contribution in [0.5, 0.6) is 0 Å². The summed E-state index contributed by atoms with van der Waals surface area (Å²) >= 11 is 0. The van der Waals surface area contributed by atoms with E-state index >= 15 is 0 Å². The van der Waals surface area contributed by atoms with Crippen LogP contribution in [0.3, 0.4) is 0 Å². The molecule has 0 atom stereocenters. The van der Waals surface area contributed by atoms with Crippen molar-refractivity contribution in [1.29, 1.82) is 0 Å². The van der Waals surface area contributed by atoms with Gasteiger partial charge >= 0.3 is 12.1 Å². The maximum atomic E-state index is 12.0. The van der Waals surface area contributed by atoms with Gasteiger partial charge in [0.05, 0.1) is 0 Å². The zero-order valence-electron chi connectivity index (χ0n) is 17.5. The molecule has 1 saturated carbocycles. The van der Waals surface area contributed by atoms with Gasteiger partial charge in [-0.1, -0.05) is 12.1 Å². The van der Waals surface area contributed by atoms with Crippen LogP contribution in [0.1, 0.15) is 70.8 Å². The number of rotatable bonds is 7. The molecule has 1 fully saturated rings. The SMILES string of the molecule is CC(C)(C)OC(=O)NCCC(=O)Nc1ccc([C@H]2CC[C@H](CC(=O)O)CC2)cc1. The van der Waals surface area contributed by atoms with E-state index in [4.69, 9.17) is 9.84 Å². The molecule has 0 aromatic heterocycles. The van der Waals surface area contributed by atoms with E-state index in [1.54, 1.807) is 20.8 Å². The molecule has 29 heavy (non-hydrogen) atoms. The molecule has 0 unspecified atom stereocenters. The van der Waals surface area contributed by atoms with Crippen LogP contribution in [0.15, 0.2) is 24.3 Å². The molecule has 160 valence electrons. The number of ether oxygens (including phenoxy) is 1. The number of carboxylic acids is 1. The Bertz CT molecular complexity index is 701. The second kappa shape index (κ2) is 10.3. The number of amides is 2. The van der Waals surface area contributed by atoms with Gasteiger partial charge < -0.3 is 20.5 Å². The minimum Gasteiger partial charge on any atom is -0.481 e. The molecule has 7 heteroatoms. The van der Waals surface area contributed by atoms with Crippen LogP contribution in [0.4, 0.5) is 10.5 Å². The first kappa shape index (κ1) is 22.7.